The average Bonchev–Trinajstić information content (AvgIpc) is 3.24. The van der Waals surface area contributed by atoms with Gasteiger partial charge in [-0.05, 0) is 32.2 Å². The molecule has 0 radical (unpaired) electrons. The minimum absolute atomic E-state index is 0.0344. The van der Waals surface area contributed by atoms with Crippen molar-refractivity contribution in [2.45, 2.75) is 50.2 Å². The van der Waals surface area contributed by atoms with Gasteiger partial charge in [-0.3, -0.25) is 9.59 Å². The van der Waals surface area contributed by atoms with Crippen LogP contribution in [-0.2, 0) is 0 Å². The van der Waals surface area contributed by atoms with Crippen molar-refractivity contribution in [1.29, 1.82) is 0 Å². The maximum absolute atomic E-state index is 14.6. The largest absolute Gasteiger partial charge is 0.381 e. The van der Waals surface area contributed by atoms with Crippen LogP contribution in [0.2, 0.25) is 0 Å². The first-order valence-electron chi connectivity index (χ1n) is 11.9. The first-order chi connectivity index (χ1) is 17.0. The van der Waals surface area contributed by atoms with Gasteiger partial charge in [-0.1, -0.05) is 18.2 Å². The van der Waals surface area contributed by atoms with E-state index in [1.807, 2.05) is 7.05 Å². The quantitative estimate of drug-likeness (QED) is 0.544. The molecular weight excluding hydrogens is 483 g/mol. The third-order valence-corrected chi connectivity index (χ3v) is 7.71. The summed E-state index contributed by atoms with van der Waals surface area (Å²) in [4.78, 5) is 28.2. The number of hydrogen-bond donors (Lipinski definition) is 2. The molecule has 1 amide bonds. The molecule has 11 heteroatoms. The number of carbonyl (C=O) groups is 1. The molecular formula is C25H27F5N4O2. The maximum atomic E-state index is 14.6. The number of benzene rings is 1. The number of carbonyl (C=O) groups excluding carboxylic acids is 1. The SMILES string of the molecule is C[C@@H](NC(=O)c1cn([C@@H]2CCC2(F)F)c(=O)cc1N[C@H]1[C@@H]2CN(C)C[C@@H]21)c1cccc(C(F)F)c1F. The van der Waals surface area contributed by atoms with Gasteiger partial charge in [-0.15, -0.1) is 0 Å². The van der Waals surface area contributed by atoms with Crippen molar-refractivity contribution in [3.8, 4) is 0 Å². The van der Waals surface area contributed by atoms with E-state index in [2.05, 4.69) is 15.5 Å². The van der Waals surface area contributed by atoms with E-state index < -0.39 is 47.3 Å². The number of pyridine rings is 1. The van der Waals surface area contributed by atoms with E-state index in [4.69, 9.17) is 0 Å². The molecule has 1 saturated heterocycles. The van der Waals surface area contributed by atoms with Gasteiger partial charge in [0.2, 0.25) is 0 Å². The Balaban J connectivity index is 1.44. The maximum Gasteiger partial charge on any atom is 0.268 e. The van der Waals surface area contributed by atoms with Crippen LogP contribution in [0.1, 0.15) is 59.8 Å². The first kappa shape index (κ1) is 24.7. The number of piperidine rings is 1. The topological polar surface area (TPSA) is 66.4 Å². The predicted octanol–water partition coefficient (Wildman–Crippen LogP) is 4.36. The molecule has 36 heavy (non-hydrogen) atoms. The van der Waals surface area contributed by atoms with Crippen molar-refractivity contribution in [1.82, 2.24) is 14.8 Å². The number of likely N-dealkylation sites (tertiary alicyclic amines) is 1. The summed E-state index contributed by atoms with van der Waals surface area (Å²) in [5.74, 6) is -4.20. The Hall–Kier alpha value is -2.95. The number of halogens is 5. The molecule has 0 unspecified atom stereocenters. The number of rotatable bonds is 7. The standard InChI is InChI=1S/C25H27F5N4O2/c1-12(13-4-3-5-14(21(13)26)23(27)28)31-24(36)17-11-34(19-6-7-25(19,29)30)20(35)8-18(17)32-22-15-9-33(2)10-16(15)22/h3-5,8,11-12,15-16,19,22-23,32H,6-7,9-10H2,1-2H3,(H,31,36)/t12-,15-,16+,19-,22+/m1/s1. The van der Waals surface area contributed by atoms with Crippen molar-refractivity contribution < 1.29 is 26.7 Å². The van der Waals surface area contributed by atoms with Gasteiger partial charge < -0.3 is 20.1 Å². The van der Waals surface area contributed by atoms with Crippen molar-refractivity contribution in [3.63, 3.8) is 0 Å². The number of hydrogen-bond acceptors (Lipinski definition) is 4. The molecule has 0 bridgehead atoms. The third kappa shape index (κ3) is 4.27. The van der Waals surface area contributed by atoms with Gasteiger partial charge in [0.25, 0.3) is 23.8 Å². The smallest absolute Gasteiger partial charge is 0.268 e. The monoisotopic (exact) mass is 510 g/mol. The molecule has 2 aromatic rings. The Labute approximate surface area is 204 Å². The van der Waals surface area contributed by atoms with E-state index in [0.717, 1.165) is 36.0 Å². The van der Waals surface area contributed by atoms with E-state index in [-0.39, 0.29) is 35.7 Å². The van der Waals surface area contributed by atoms with Gasteiger partial charge in [-0.25, -0.2) is 22.0 Å². The number of fused-ring (bicyclic) bond motifs is 1. The highest BCUT2D eigenvalue weighted by Gasteiger charge is 2.55. The van der Waals surface area contributed by atoms with Crippen LogP contribution in [0, 0.1) is 17.7 Å². The Morgan fingerprint density at radius 3 is 2.42 bits per heavy atom. The van der Waals surface area contributed by atoms with Crippen molar-refractivity contribution >= 4 is 11.6 Å². The number of nitrogens with zero attached hydrogens (tertiary/aromatic N) is 2. The van der Waals surface area contributed by atoms with Gasteiger partial charge in [0.15, 0.2) is 0 Å². The van der Waals surface area contributed by atoms with Crippen LogP contribution in [0.25, 0.3) is 0 Å². The van der Waals surface area contributed by atoms with Crippen LogP contribution in [0.15, 0.2) is 35.3 Å². The highest BCUT2D eigenvalue weighted by molar-refractivity contribution is 5.99. The predicted molar refractivity (Wildman–Crippen MR) is 123 cm³/mol. The summed E-state index contributed by atoms with van der Waals surface area (Å²) in [6, 6.07) is 2.40. The minimum atomic E-state index is -3.06. The van der Waals surface area contributed by atoms with Gasteiger partial charge in [0.1, 0.15) is 11.9 Å². The molecule has 1 aromatic heterocycles. The highest BCUT2D eigenvalue weighted by atomic mass is 19.3. The minimum Gasteiger partial charge on any atom is -0.381 e. The third-order valence-electron chi connectivity index (χ3n) is 7.71. The Morgan fingerprint density at radius 1 is 1.17 bits per heavy atom. The van der Waals surface area contributed by atoms with Crippen LogP contribution in [0.4, 0.5) is 27.6 Å². The molecule has 194 valence electrons. The van der Waals surface area contributed by atoms with Gasteiger partial charge in [0, 0.05) is 43.4 Å². The molecule has 3 aliphatic rings. The molecule has 5 atom stereocenters. The van der Waals surface area contributed by atoms with Crippen LogP contribution < -0.4 is 16.2 Å². The first-order valence-corrected chi connectivity index (χ1v) is 11.9. The van der Waals surface area contributed by atoms with E-state index in [1.54, 1.807) is 0 Å². The molecule has 6 nitrogen and oxygen atoms in total. The molecule has 5 rings (SSSR count). The molecule has 3 fully saturated rings. The summed E-state index contributed by atoms with van der Waals surface area (Å²) >= 11 is 0. The van der Waals surface area contributed by atoms with Crippen LogP contribution in [0.3, 0.4) is 0 Å². The number of anilines is 1. The number of amides is 1. The number of alkyl halides is 4. The molecule has 1 aromatic carbocycles. The number of aromatic nitrogens is 1. The fourth-order valence-electron chi connectivity index (χ4n) is 5.48. The van der Waals surface area contributed by atoms with Gasteiger partial charge in [0.05, 0.1) is 22.9 Å². The van der Waals surface area contributed by atoms with E-state index >= 15 is 0 Å². The fourth-order valence-corrected chi connectivity index (χ4v) is 5.48. The highest BCUT2D eigenvalue weighted by Crippen LogP contribution is 2.48. The summed E-state index contributed by atoms with van der Waals surface area (Å²) in [6.07, 6.45) is -2.14. The van der Waals surface area contributed by atoms with Crippen LogP contribution in [0.5, 0.6) is 0 Å². The molecule has 2 saturated carbocycles. The van der Waals surface area contributed by atoms with E-state index in [1.165, 1.54) is 19.1 Å². The summed E-state index contributed by atoms with van der Waals surface area (Å²) in [5, 5.41) is 5.82. The molecule has 2 aliphatic carbocycles. The lowest BCUT2D eigenvalue weighted by Gasteiger charge is -2.37. The summed E-state index contributed by atoms with van der Waals surface area (Å²) < 4.78 is 70.0. The van der Waals surface area contributed by atoms with E-state index in [9.17, 15) is 31.5 Å². The second-order valence-corrected chi connectivity index (χ2v) is 10.1. The zero-order chi connectivity index (χ0) is 25.9. The zero-order valence-electron chi connectivity index (χ0n) is 19.8. The molecule has 2 N–H and O–H groups in total. The Morgan fingerprint density at radius 2 is 1.83 bits per heavy atom. The molecule has 1 aliphatic heterocycles. The van der Waals surface area contributed by atoms with Crippen molar-refractivity contribution in [2.24, 2.45) is 11.8 Å². The van der Waals surface area contributed by atoms with Crippen LogP contribution >= 0.6 is 0 Å². The molecule has 0 spiro atoms. The average molecular weight is 511 g/mol. The number of nitrogens with one attached hydrogen (secondary N) is 2. The van der Waals surface area contributed by atoms with Crippen molar-refractivity contribution in [2.75, 3.05) is 25.5 Å². The van der Waals surface area contributed by atoms with Gasteiger partial charge in [-0.2, -0.15) is 0 Å². The summed E-state index contributed by atoms with van der Waals surface area (Å²) in [7, 11) is 2.01. The molecule has 2 heterocycles. The second kappa shape index (κ2) is 8.86. The lowest BCUT2D eigenvalue weighted by atomic mass is 9.87. The van der Waals surface area contributed by atoms with Crippen LogP contribution in [-0.4, -0.2) is 47.5 Å². The van der Waals surface area contributed by atoms with Crippen molar-refractivity contribution in [3.05, 3.63) is 63.3 Å². The Kier molecular flexibility index (Phi) is 6.09. The van der Waals surface area contributed by atoms with Gasteiger partial charge >= 0.3 is 0 Å². The lowest BCUT2D eigenvalue weighted by molar-refractivity contribution is -0.123. The zero-order valence-corrected chi connectivity index (χ0v) is 19.8. The summed E-state index contributed by atoms with van der Waals surface area (Å²) in [5.41, 5.74) is -1.37. The summed E-state index contributed by atoms with van der Waals surface area (Å²) in [6.45, 7) is 3.17. The Bertz CT molecular complexity index is 1240. The van der Waals surface area contributed by atoms with E-state index in [0.29, 0.717) is 11.8 Å². The second-order valence-electron chi connectivity index (χ2n) is 10.1. The lowest BCUT2D eigenvalue weighted by Crippen LogP contribution is -2.45. The normalized spacial score (nSPS) is 27.3. The fraction of sp³-hybridized carbons (Fsp3) is 0.520.